The molecule has 0 saturated heterocycles. The minimum absolute atomic E-state index is 0.282. The fraction of sp³-hybridized carbons (Fsp3) is 0.143. The molecule has 3 nitrogen and oxygen atoms in total. The summed E-state index contributed by atoms with van der Waals surface area (Å²) < 4.78 is 29.4. The fourth-order valence-corrected chi connectivity index (χ4v) is 5.87. The second-order valence-corrected chi connectivity index (χ2v) is 9.98. The van der Waals surface area contributed by atoms with Gasteiger partial charge in [-0.15, -0.1) is 0 Å². The van der Waals surface area contributed by atoms with Crippen molar-refractivity contribution in [2.45, 2.75) is 31.7 Å². The van der Waals surface area contributed by atoms with Crippen molar-refractivity contribution in [3.8, 4) is 0 Å². The van der Waals surface area contributed by atoms with E-state index in [4.69, 9.17) is 0 Å². The van der Waals surface area contributed by atoms with Crippen LogP contribution in [0.1, 0.15) is 30.5 Å². The van der Waals surface area contributed by atoms with Crippen molar-refractivity contribution in [2.75, 3.05) is 0 Å². The largest absolute Gasteiger partial charge is 0.264 e. The van der Waals surface area contributed by atoms with E-state index in [2.05, 4.69) is 6.58 Å². The highest BCUT2D eigenvalue weighted by atomic mass is 32.2. The topological polar surface area (TPSA) is 37.4 Å². The van der Waals surface area contributed by atoms with Crippen LogP contribution in [0, 0.1) is 6.92 Å². The van der Waals surface area contributed by atoms with E-state index in [0.29, 0.717) is 5.70 Å². The molecule has 0 amide bonds. The zero-order valence-corrected chi connectivity index (χ0v) is 19.4. The highest BCUT2D eigenvalue weighted by Gasteiger charge is 2.41. The molecule has 3 aromatic carbocycles. The Labute approximate surface area is 191 Å². The number of benzene rings is 3. The number of nitrogens with zero attached hydrogens (tertiary/aromatic N) is 1. The van der Waals surface area contributed by atoms with Gasteiger partial charge < -0.3 is 0 Å². The summed E-state index contributed by atoms with van der Waals surface area (Å²) in [5.41, 5.74) is 6.28. The first kappa shape index (κ1) is 21.8. The van der Waals surface area contributed by atoms with E-state index < -0.39 is 10.0 Å². The van der Waals surface area contributed by atoms with Crippen LogP contribution >= 0.6 is 0 Å². The molecule has 4 heteroatoms. The first-order chi connectivity index (χ1) is 15.3. The lowest BCUT2D eigenvalue weighted by molar-refractivity contribution is 0.471. The van der Waals surface area contributed by atoms with E-state index >= 15 is 0 Å². The van der Waals surface area contributed by atoms with Crippen LogP contribution in [0.4, 0.5) is 0 Å². The molecule has 1 atom stereocenters. The zero-order valence-electron chi connectivity index (χ0n) is 18.6. The molecule has 1 heterocycles. The van der Waals surface area contributed by atoms with Crippen molar-refractivity contribution in [3.05, 3.63) is 125 Å². The Morgan fingerprint density at radius 1 is 0.906 bits per heavy atom. The summed E-state index contributed by atoms with van der Waals surface area (Å²) in [7, 11) is -3.80. The molecule has 0 saturated carbocycles. The molecule has 3 aromatic rings. The van der Waals surface area contributed by atoms with Gasteiger partial charge in [0.15, 0.2) is 0 Å². The van der Waals surface area contributed by atoms with Crippen molar-refractivity contribution in [1.29, 1.82) is 0 Å². The van der Waals surface area contributed by atoms with Gasteiger partial charge in [-0.1, -0.05) is 84.9 Å². The SMILES string of the molecule is C=C(C)C1=C(c2ccccc2)[C@H](C)N(S(=O)(=O)c2ccc(C)cc2)/C1=C\c1ccccc1. The maximum absolute atomic E-state index is 13.9. The molecule has 0 spiro atoms. The molecular weight excluding hydrogens is 414 g/mol. The summed E-state index contributed by atoms with van der Waals surface area (Å²) in [6.07, 6.45) is 1.95. The van der Waals surface area contributed by atoms with Crippen molar-refractivity contribution >= 4 is 21.7 Å². The Morgan fingerprint density at radius 3 is 2.03 bits per heavy atom. The summed E-state index contributed by atoms with van der Waals surface area (Å²) >= 11 is 0. The molecule has 0 radical (unpaired) electrons. The smallest absolute Gasteiger partial charge is 0.258 e. The van der Waals surface area contributed by atoms with Gasteiger partial charge in [-0.25, -0.2) is 8.42 Å². The molecule has 32 heavy (non-hydrogen) atoms. The van der Waals surface area contributed by atoms with E-state index in [1.165, 1.54) is 0 Å². The number of sulfonamides is 1. The van der Waals surface area contributed by atoms with Gasteiger partial charge in [0.25, 0.3) is 10.0 Å². The average molecular weight is 442 g/mol. The zero-order chi connectivity index (χ0) is 22.9. The maximum atomic E-state index is 13.9. The van der Waals surface area contributed by atoms with Gasteiger partial charge in [-0.2, -0.15) is 0 Å². The lowest BCUT2D eigenvalue weighted by Crippen LogP contribution is -2.34. The quantitative estimate of drug-likeness (QED) is 0.456. The third-order valence-electron chi connectivity index (χ3n) is 5.72. The minimum Gasteiger partial charge on any atom is -0.258 e. The van der Waals surface area contributed by atoms with Crippen LogP contribution in [0.15, 0.2) is 113 Å². The van der Waals surface area contributed by atoms with Gasteiger partial charge >= 0.3 is 0 Å². The number of allylic oxidation sites excluding steroid dienone is 1. The van der Waals surface area contributed by atoms with Crippen LogP contribution in [0.3, 0.4) is 0 Å². The van der Waals surface area contributed by atoms with Crippen LogP contribution < -0.4 is 0 Å². The summed E-state index contributed by atoms with van der Waals surface area (Å²) in [6, 6.07) is 26.4. The van der Waals surface area contributed by atoms with Crippen LogP contribution in [0.25, 0.3) is 11.6 Å². The predicted molar refractivity (Wildman–Crippen MR) is 132 cm³/mol. The summed E-state index contributed by atoms with van der Waals surface area (Å²) in [5.74, 6) is 0. The highest BCUT2D eigenvalue weighted by Crippen LogP contribution is 2.45. The fourth-order valence-electron chi connectivity index (χ4n) is 4.24. The Bertz CT molecular complexity index is 1300. The molecule has 162 valence electrons. The standard InChI is InChI=1S/C28H27NO2S/c1-20(2)27-26(19-23-11-7-5-8-12-23)29(22(4)28(27)24-13-9-6-10-14-24)32(30,31)25-17-15-21(3)16-18-25/h5-19,22H,1H2,2-4H3/b26-19-/t22-/m0/s1. The number of hydrogen-bond donors (Lipinski definition) is 0. The first-order valence-electron chi connectivity index (χ1n) is 10.6. The molecule has 0 fully saturated rings. The Morgan fingerprint density at radius 2 is 1.47 bits per heavy atom. The van der Waals surface area contributed by atoms with Crippen molar-refractivity contribution in [1.82, 2.24) is 4.31 Å². The molecule has 0 N–H and O–H groups in total. The maximum Gasteiger partial charge on any atom is 0.264 e. The monoisotopic (exact) mass is 441 g/mol. The van der Waals surface area contributed by atoms with Crippen molar-refractivity contribution < 1.29 is 8.42 Å². The summed E-state index contributed by atoms with van der Waals surface area (Å²) in [5, 5.41) is 0. The van der Waals surface area contributed by atoms with Gasteiger partial charge in [-0.05, 0) is 61.3 Å². The van der Waals surface area contributed by atoms with E-state index in [1.54, 1.807) is 16.4 Å². The van der Waals surface area contributed by atoms with E-state index in [9.17, 15) is 8.42 Å². The van der Waals surface area contributed by atoms with Gasteiger partial charge in [0.1, 0.15) is 0 Å². The lowest BCUT2D eigenvalue weighted by Gasteiger charge is -2.27. The Hall–Kier alpha value is -3.37. The third kappa shape index (κ3) is 3.94. The van der Waals surface area contributed by atoms with Crippen LogP contribution in [-0.2, 0) is 10.0 Å². The number of hydrogen-bond acceptors (Lipinski definition) is 2. The molecule has 0 bridgehead atoms. The molecule has 1 aliphatic rings. The lowest BCUT2D eigenvalue weighted by atomic mass is 9.93. The molecule has 0 unspecified atom stereocenters. The van der Waals surface area contributed by atoms with Gasteiger partial charge in [-0.3, -0.25) is 4.31 Å². The molecular formula is C28H27NO2S. The van der Waals surface area contributed by atoms with Crippen LogP contribution in [-0.4, -0.2) is 18.8 Å². The number of rotatable bonds is 5. The molecule has 0 aliphatic carbocycles. The van der Waals surface area contributed by atoms with Crippen molar-refractivity contribution in [3.63, 3.8) is 0 Å². The van der Waals surface area contributed by atoms with Crippen LogP contribution in [0.2, 0.25) is 0 Å². The minimum atomic E-state index is -3.80. The summed E-state index contributed by atoms with van der Waals surface area (Å²) in [4.78, 5) is 0.282. The van der Waals surface area contributed by atoms with E-state index in [1.807, 2.05) is 99.6 Å². The van der Waals surface area contributed by atoms with E-state index in [0.717, 1.165) is 33.4 Å². The second kappa shape index (κ2) is 8.64. The van der Waals surface area contributed by atoms with Gasteiger partial charge in [0, 0.05) is 5.57 Å². The van der Waals surface area contributed by atoms with Crippen LogP contribution in [0.5, 0.6) is 0 Å². The van der Waals surface area contributed by atoms with E-state index in [-0.39, 0.29) is 10.9 Å². The second-order valence-electron chi connectivity index (χ2n) is 8.17. The van der Waals surface area contributed by atoms with Gasteiger partial charge in [0.2, 0.25) is 0 Å². The predicted octanol–water partition coefficient (Wildman–Crippen LogP) is 6.46. The van der Waals surface area contributed by atoms with Crippen molar-refractivity contribution in [2.24, 2.45) is 0 Å². The normalized spacial score (nSPS) is 17.8. The molecule has 0 aromatic heterocycles. The Balaban J connectivity index is 1.98. The Kier molecular flexibility index (Phi) is 5.90. The number of aryl methyl sites for hydroxylation is 1. The highest BCUT2D eigenvalue weighted by molar-refractivity contribution is 7.89. The summed E-state index contributed by atoms with van der Waals surface area (Å²) in [6.45, 7) is 10.1. The molecule has 1 aliphatic heterocycles. The first-order valence-corrected chi connectivity index (χ1v) is 12.1. The third-order valence-corrected chi connectivity index (χ3v) is 7.62. The average Bonchev–Trinajstić information content (AvgIpc) is 3.08. The van der Waals surface area contributed by atoms with Gasteiger partial charge in [0.05, 0.1) is 16.6 Å². The molecule has 4 rings (SSSR count).